The highest BCUT2D eigenvalue weighted by atomic mass is 16.3. The fourth-order valence-electron chi connectivity index (χ4n) is 0.863. The van der Waals surface area contributed by atoms with Crippen molar-refractivity contribution < 1.29 is 5.11 Å². The van der Waals surface area contributed by atoms with Crippen molar-refractivity contribution in [2.45, 2.75) is 20.0 Å². The van der Waals surface area contributed by atoms with Crippen molar-refractivity contribution in [2.75, 3.05) is 5.84 Å². The third-order valence-corrected chi connectivity index (χ3v) is 1.42. The second-order valence-electron chi connectivity index (χ2n) is 3.20. The number of nitrogen functional groups attached to an aromatic ring is 1. The number of aromatic amines is 1. The molecule has 0 amide bonds. The monoisotopic (exact) mass is 210 g/mol. The van der Waals surface area contributed by atoms with Gasteiger partial charge in [-0.05, 0) is 13.8 Å². The smallest absolute Gasteiger partial charge is 0.182 e. The topological polar surface area (TPSA) is 117 Å². The summed E-state index contributed by atoms with van der Waals surface area (Å²) in [5.74, 6) is 5.36. The zero-order valence-corrected chi connectivity index (χ0v) is 8.60. The van der Waals surface area contributed by atoms with Crippen LogP contribution in [0.15, 0.2) is 12.7 Å². The van der Waals surface area contributed by atoms with Crippen molar-refractivity contribution in [3.63, 3.8) is 0 Å². The van der Waals surface area contributed by atoms with Gasteiger partial charge in [0.1, 0.15) is 11.8 Å². The molecule has 2 aromatic rings. The predicted molar refractivity (Wildman–Crippen MR) is 55.2 cm³/mol. The maximum atomic E-state index is 8.06. The molecule has 0 aliphatic rings. The molecule has 0 bridgehead atoms. The molecule has 7 heteroatoms. The Balaban J connectivity index is 0.000000245. The number of H-pyrrole nitrogens is 1. The van der Waals surface area contributed by atoms with E-state index in [9.17, 15) is 0 Å². The van der Waals surface area contributed by atoms with Gasteiger partial charge in [-0.25, -0.2) is 14.6 Å². The third kappa shape index (κ3) is 2.78. The van der Waals surface area contributed by atoms with Gasteiger partial charge in [-0.1, -0.05) is 0 Å². The SMILES string of the molecule is CC(C)O.N=c1c2[nH]cnc2ncn1N. The first-order chi connectivity index (χ1) is 7.02. The summed E-state index contributed by atoms with van der Waals surface area (Å²) in [4.78, 5) is 10.5. The molecule has 0 atom stereocenters. The standard InChI is InChI=1S/C5H6N6.C3H8O/c6-4-3-5(9-1-8-3)10-2-11(4)7;1-3(2)4/h1-2,6H,7H2,(H,8,9);3-4H,1-2H3. The van der Waals surface area contributed by atoms with Gasteiger partial charge in [0.05, 0.1) is 6.33 Å². The average Bonchev–Trinajstić information content (AvgIpc) is 2.59. The number of nitrogens with one attached hydrogen (secondary N) is 2. The van der Waals surface area contributed by atoms with Gasteiger partial charge in [-0.15, -0.1) is 0 Å². The van der Waals surface area contributed by atoms with E-state index in [-0.39, 0.29) is 11.6 Å². The highest BCUT2D eigenvalue weighted by molar-refractivity contribution is 5.67. The lowest BCUT2D eigenvalue weighted by molar-refractivity contribution is 0.216. The largest absolute Gasteiger partial charge is 0.394 e. The normalized spacial score (nSPS) is 10.1. The van der Waals surface area contributed by atoms with E-state index in [1.165, 1.54) is 12.7 Å². The van der Waals surface area contributed by atoms with Crippen LogP contribution in [-0.2, 0) is 0 Å². The van der Waals surface area contributed by atoms with Crippen molar-refractivity contribution in [1.82, 2.24) is 19.6 Å². The zero-order valence-electron chi connectivity index (χ0n) is 8.60. The van der Waals surface area contributed by atoms with Gasteiger partial charge < -0.3 is 15.9 Å². The van der Waals surface area contributed by atoms with E-state index in [0.717, 1.165) is 4.68 Å². The van der Waals surface area contributed by atoms with Gasteiger partial charge in [0.25, 0.3) is 0 Å². The Hall–Kier alpha value is -1.89. The molecular formula is C8H14N6O. The molecule has 82 valence electrons. The summed E-state index contributed by atoms with van der Waals surface area (Å²) in [6, 6.07) is 0. The molecule has 0 aliphatic carbocycles. The lowest BCUT2D eigenvalue weighted by Crippen LogP contribution is -2.27. The minimum absolute atomic E-state index is 0.167. The molecular weight excluding hydrogens is 196 g/mol. The Morgan fingerprint density at radius 1 is 1.53 bits per heavy atom. The van der Waals surface area contributed by atoms with E-state index in [2.05, 4.69) is 15.0 Å². The van der Waals surface area contributed by atoms with Crippen LogP contribution in [0.2, 0.25) is 0 Å². The first-order valence-corrected chi connectivity index (χ1v) is 4.41. The highest BCUT2D eigenvalue weighted by Gasteiger charge is 1.98. The lowest BCUT2D eigenvalue weighted by Gasteiger charge is -1.95. The quantitative estimate of drug-likeness (QED) is 0.432. The van der Waals surface area contributed by atoms with Crippen LogP contribution in [0, 0.1) is 5.41 Å². The minimum Gasteiger partial charge on any atom is -0.394 e. The summed E-state index contributed by atoms with van der Waals surface area (Å²) in [5, 5.41) is 15.5. The van der Waals surface area contributed by atoms with E-state index >= 15 is 0 Å². The number of aromatic nitrogens is 4. The maximum absolute atomic E-state index is 8.06. The molecule has 0 saturated heterocycles. The summed E-state index contributed by atoms with van der Waals surface area (Å²) >= 11 is 0. The Kier molecular flexibility index (Phi) is 3.40. The van der Waals surface area contributed by atoms with E-state index in [4.69, 9.17) is 16.4 Å². The Morgan fingerprint density at radius 2 is 2.13 bits per heavy atom. The first-order valence-electron chi connectivity index (χ1n) is 4.41. The molecule has 0 spiro atoms. The van der Waals surface area contributed by atoms with Gasteiger partial charge >= 0.3 is 0 Å². The number of hydrogen-bond acceptors (Lipinski definition) is 5. The van der Waals surface area contributed by atoms with E-state index in [0.29, 0.717) is 11.2 Å². The van der Waals surface area contributed by atoms with Crippen molar-refractivity contribution >= 4 is 11.2 Å². The molecule has 5 N–H and O–H groups in total. The number of nitrogens with two attached hydrogens (primary N) is 1. The van der Waals surface area contributed by atoms with E-state index < -0.39 is 0 Å². The number of imidazole rings is 1. The fraction of sp³-hybridized carbons (Fsp3) is 0.375. The van der Waals surface area contributed by atoms with Crippen LogP contribution >= 0.6 is 0 Å². The van der Waals surface area contributed by atoms with Gasteiger partial charge in [-0.2, -0.15) is 0 Å². The van der Waals surface area contributed by atoms with Crippen LogP contribution in [0.1, 0.15) is 13.8 Å². The van der Waals surface area contributed by atoms with Crippen molar-refractivity contribution in [2.24, 2.45) is 0 Å². The Labute approximate surface area is 86.1 Å². The van der Waals surface area contributed by atoms with Gasteiger partial charge in [0, 0.05) is 6.10 Å². The van der Waals surface area contributed by atoms with E-state index in [1.54, 1.807) is 13.8 Å². The van der Waals surface area contributed by atoms with Crippen molar-refractivity contribution in [1.29, 1.82) is 5.41 Å². The van der Waals surface area contributed by atoms with Gasteiger partial charge in [0.2, 0.25) is 0 Å². The average molecular weight is 210 g/mol. The molecule has 7 nitrogen and oxygen atoms in total. The van der Waals surface area contributed by atoms with Gasteiger partial charge in [-0.3, -0.25) is 5.41 Å². The molecule has 2 rings (SSSR count). The Morgan fingerprint density at radius 3 is 2.73 bits per heavy atom. The molecule has 2 aromatic heterocycles. The minimum atomic E-state index is -0.167. The van der Waals surface area contributed by atoms with Crippen molar-refractivity contribution in [3.8, 4) is 0 Å². The number of rotatable bonds is 0. The second-order valence-corrected chi connectivity index (χ2v) is 3.20. The summed E-state index contributed by atoms with van der Waals surface area (Å²) < 4.78 is 1.13. The van der Waals surface area contributed by atoms with Crippen LogP contribution < -0.4 is 11.3 Å². The number of hydrogen-bond donors (Lipinski definition) is 4. The molecule has 2 heterocycles. The van der Waals surface area contributed by atoms with Crippen molar-refractivity contribution in [3.05, 3.63) is 18.1 Å². The van der Waals surface area contributed by atoms with Crippen LogP contribution in [-0.4, -0.2) is 30.8 Å². The third-order valence-electron chi connectivity index (χ3n) is 1.42. The van der Waals surface area contributed by atoms with E-state index in [1.807, 2.05) is 0 Å². The fourth-order valence-corrected chi connectivity index (χ4v) is 0.863. The summed E-state index contributed by atoms with van der Waals surface area (Å²) in [6.45, 7) is 3.44. The lowest BCUT2D eigenvalue weighted by atomic mass is 10.5. The molecule has 15 heavy (non-hydrogen) atoms. The molecule has 0 saturated carbocycles. The molecule has 0 aromatic carbocycles. The number of aliphatic hydroxyl groups excluding tert-OH is 1. The summed E-state index contributed by atoms with van der Waals surface area (Å²) in [7, 11) is 0. The summed E-state index contributed by atoms with van der Waals surface area (Å²) in [6.07, 6.45) is 2.67. The zero-order chi connectivity index (χ0) is 11.4. The number of nitrogens with zero attached hydrogens (tertiary/aromatic N) is 3. The maximum Gasteiger partial charge on any atom is 0.182 e. The predicted octanol–water partition coefficient (Wildman–Crippen LogP) is -0.660. The highest BCUT2D eigenvalue weighted by Crippen LogP contribution is 1.94. The Bertz CT molecular complexity index is 482. The molecule has 0 radical (unpaired) electrons. The van der Waals surface area contributed by atoms with Crippen LogP contribution in [0.4, 0.5) is 0 Å². The van der Waals surface area contributed by atoms with Crippen LogP contribution in [0.3, 0.4) is 0 Å². The number of aliphatic hydroxyl groups is 1. The summed E-state index contributed by atoms with van der Waals surface area (Å²) in [5.41, 5.74) is 1.24. The first kappa shape index (κ1) is 11.2. The van der Waals surface area contributed by atoms with Crippen LogP contribution in [0.25, 0.3) is 11.2 Å². The molecule has 0 aliphatic heterocycles. The second kappa shape index (κ2) is 4.56. The van der Waals surface area contributed by atoms with Crippen LogP contribution in [0.5, 0.6) is 0 Å². The van der Waals surface area contributed by atoms with Gasteiger partial charge in [0.15, 0.2) is 11.1 Å². The molecule has 0 fully saturated rings. The number of fused-ring (bicyclic) bond motifs is 1. The molecule has 0 unspecified atom stereocenters.